The zero-order valence-electron chi connectivity index (χ0n) is 5.12. The van der Waals surface area contributed by atoms with Crippen molar-refractivity contribution in [3.63, 3.8) is 0 Å². The van der Waals surface area contributed by atoms with E-state index >= 15 is 0 Å². The van der Waals surface area contributed by atoms with Crippen molar-refractivity contribution in [3.05, 3.63) is 0 Å². The second kappa shape index (κ2) is 367. The van der Waals surface area contributed by atoms with Crippen LogP contribution in [0.4, 0.5) is 0 Å². The molecule has 0 saturated carbocycles. The minimum absolute atomic E-state index is 0. The van der Waals surface area contributed by atoms with E-state index in [0.717, 1.165) is 0 Å². The summed E-state index contributed by atoms with van der Waals surface area (Å²) in [6, 6.07) is 0. The summed E-state index contributed by atoms with van der Waals surface area (Å²) in [5.74, 6) is 0. The molecule has 0 atom stereocenters. The Bertz CT molecular complexity index is 13.6. The van der Waals surface area contributed by atoms with Crippen molar-refractivity contribution in [2.75, 3.05) is 0 Å². The van der Waals surface area contributed by atoms with E-state index in [1.54, 1.807) is 0 Å². The van der Waals surface area contributed by atoms with Gasteiger partial charge >= 0.3 is 42.5 Å². The molecule has 0 heterocycles. The van der Waals surface area contributed by atoms with Crippen LogP contribution < -0.4 is 0 Å². The van der Waals surface area contributed by atoms with E-state index in [2.05, 4.69) is 0 Å². The summed E-state index contributed by atoms with van der Waals surface area (Å²) in [6.45, 7) is 0. The standard InChI is InChI=1S/Al.Mg.7H2O.Zn/h;;7*1H2;/q;+2;;;;;;;;+2/p-7. The predicted octanol–water partition coefficient (Wildman–Crippen LogP) is -2.00. The van der Waals surface area contributed by atoms with Crippen molar-refractivity contribution in [3.8, 4) is 0 Å². The van der Waals surface area contributed by atoms with Crippen LogP contribution in [0.25, 0.3) is 0 Å². The van der Waals surface area contributed by atoms with Crippen LogP contribution in [0.3, 0.4) is 0 Å². The fourth-order valence-electron chi connectivity index (χ4n) is 0. The molecular weight excluding hydrogens is 229 g/mol. The van der Waals surface area contributed by atoms with Gasteiger partial charge < -0.3 is 38.3 Å². The smallest absolute Gasteiger partial charge is 0.870 e. The fourth-order valence-corrected chi connectivity index (χ4v) is 0. The molecular formula is H7AlMgO7Zn-3. The van der Waals surface area contributed by atoms with E-state index in [1.807, 2.05) is 0 Å². The molecule has 7 N–H and O–H groups in total. The summed E-state index contributed by atoms with van der Waals surface area (Å²) in [7, 11) is 0. The molecule has 0 unspecified atom stereocenters. The largest absolute Gasteiger partial charge is 2.00 e. The predicted molar refractivity (Wildman–Crippen MR) is 25.1 cm³/mol. The van der Waals surface area contributed by atoms with Crippen molar-refractivity contribution >= 4 is 40.4 Å². The molecule has 0 bridgehead atoms. The van der Waals surface area contributed by atoms with Crippen molar-refractivity contribution in [1.29, 1.82) is 0 Å². The van der Waals surface area contributed by atoms with Gasteiger partial charge in [-0.2, -0.15) is 0 Å². The minimum Gasteiger partial charge on any atom is -0.870 e. The molecule has 0 spiro atoms. The Morgan fingerprint density at radius 1 is 0.400 bits per heavy atom. The molecule has 3 radical (unpaired) electrons. The van der Waals surface area contributed by atoms with Crippen molar-refractivity contribution in [1.82, 2.24) is 0 Å². The molecule has 0 aromatic rings. The van der Waals surface area contributed by atoms with Gasteiger partial charge in [-0.15, -0.1) is 0 Å². The molecule has 0 aliphatic heterocycles. The molecule has 0 saturated heterocycles. The summed E-state index contributed by atoms with van der Waals surface area (Å²) in [6.07, 6.45) is 0. The van der Waals surface area contributed by atoms with E-state index in [-0.39, 0.29) is 98.2 Å². The Morgan fingerprint density at radius 2 is 0.400 bits per heavy atom. The molecule has 0 rings (SSSR count). The molecule has 0 aliphatic carbocycles. The maximum absolute atomic E-state index is 0. The van der Waals surface area contributed by atoms with Gasteiger partial charge in [0.1, 0.15) is 0 Å². The molecule has 0 aliphatic rings. The second-order valence-corrected chi connectivity index (χ2v) is 0. The van der Waals surface area contributed by atoms with E-state index in [0.29, 0.717) is 0 Å². The number of rotatable bonds is 0. The van der Waals surface area contributed by atoms with Gasteiger partial charge in [0, 0.05) is 17.4 Å². The summed E-state index contributed by atoms with van der Waals surface area (Å²) >= 11 is 0. The third-order valence-electron chi connectivity index (χ3n) is 0. The van der Waals surface area contributed by atoms with Gasteiger partial charge in [-0.05, 0) is 0 Å². The van der Waals surface area contributed by atoms with Gasteiger partial charge in [-0.1, -0.05) is 0 Å². The zero-order valence-corrected chi connectivity index (χ0v) is 10.7. The Kier molecular flexibility index (Phi) is 17900. The van der Waals surface area contributed by atoms with Crippen molar-refractivity contribution in [2.45, 2.75) is 0 Å². The van der Waals surface area contributed by atoms with Crippen LogP contribution in [-0.4, -0.2) is 78.7 Å². The van der Waals surface area contributed by atoms with E-state index in [4.69, 9.17) is 0 Å². The Hall–Kier alpha value is 1.64. The summed E-state index contributed by atoms with van der Waals surface area (Å²) < 4.78 is 0. The van der Waals surface area contributed by atoms with Crippen LogP contribution in [0.5, 0.6) is 0 Å². The van der Waals surface area contributed by atoms with Gasteiger partial charge in [0.15, 0.2) is 0 Å². The SMILES string of the molecule is [Al].[Mg+2].[OH-].[OH-].[OH-].[OH-].[OH-].[OH-].[OH-].[Zn+2]. The van der Waals surface area contributed by atoms with E-state index in [1.165, 1.54) is 0 Å². The maximum atomic E-state index is 0. The first-order chi connectivity index (χ1) is 0. The zero-order chi connectivity index (χ0) is 0. The maximum Gasteiger partial charge on any atom is 2.00 e. The van der Waals surface area contributed by atoms with E-state index in [9.17, 15) is 0 Å². The van der Waals surface area contributed by atoms with Crippen LogP contribution in [-0.2, 0) is 19.5 Å². The van der Waals surface area contributed by atoms with Gasteiger partial charge in [0.25, 0.3) is 0 Å². The van der Waals surface area contributed by atoms with Crippen LogP contribution in [0.2, 0.25) is 0 Å². The minimum atomic E-state index is 0. The quantitative estimate of drug-likeness (QED) is 0.430. The molecule has 0 fully saturated rings. The summed E-state index contributed by atoms with van der Waals surface area (Å²) in [5, 5.41) is 0. The van der Waals surface area contributed by atoms with Crippen LogP contribution >= 0.6 is 0 Å². The molecule has 7 nitrogen and oxygen atoms in total. The molecule has 10 heavy (non-hydrogen) atoms. The fraction of sp³-hybridized carbons (Fsp3) is 0. The molecule has 0 amide bonds. The Balaban J connectivity index is 0. The van der Waals surface area contributed by atoms with Gasteiger partial charge in [-0.25, -0.2) is 0 Å². The third-order valence-corrected chi connectivity index (χ3v) is 0. The summed E-state index contributed by atoms with van der Waals surface area (Å²) in [4.78, 5) is 0. The van der Waals surface area contributed by atoms with E-state index < -0.39 is 0 Å². The van der Waals surface area contributed by atoms with Crippen LogP contribution in [0, 0.1) is 0 Å². The number of hydrogen-bond acceptors (Lipinski definition) is 7. The Morgan fingerprint density at radius 3 is 0.400 bits per heavy atom. The molecule has 10 heteroatoms. The third kappa shape index (κ3) is 267. The van der Waals surface area contributed by atoms with Gasteiger partial charge in [0.2, 0.25) is 0 Å². The average molecular weight is 236 g/mol. The normalized spacial score (nSPS) is 0. The first-order valence-corrected chi connectivity index (χ1v) is 0. The first-order valence-electron chi connectivity index (χ1n) is 0. The first kappa shape index (κ1) is 489. The van der Waals surface area contributed by atoms with Crippen LogP contribution in [0.1, 0.15) is 0 Å². The van der Waals surface area contributed by atoms with Gasteiger partial charge in [-0.3, -0.25) is 0 Å². The topological polar surface area (TPSA) is 210 Å². The molecule has 59 valence electrons. The molecule has 0 aromatic carbocycles. The number of hydrogen-bond donors (Lipinski definition) is 0. The summed E-state index contributed by atoms with van der Waals surface area (Å²) in [5.41, 5.74) is 0. The second-order valence-electron chi connectivity index (χ2n) is 0. The average Bonchev–Trinajstić information content (AvgIpc) is 0. The van der Waals surface area contributed by atoms with Crippen molar-refractivity contribution in [2.24, 2.45) is 0 Å². The van der Waals surface area contributed by atoms with Gasteiger partial charge in [0.05, 0.1) is 0 Å². The van der Waals surface area contributed by atoms with Crippen LogP contribution in [0.15, 0.2) is 0 Å². The molecule has 0 aromatic heterocycles. The monoisotopic (exact) mass is 234 g/mol. The Labute approximate surface area is 97.8 Å². The van der Waals surface area contributed by atoms with Crippen molar-refractivity contribution < 1.29 is 57.8 Å².